The van der Waals surface area contributed by atoms with Gasteiger partial charge < -0.3 is 14.8 Å². The summed E-state index contributed by atoms with van der Waals surface area (Å²) in [5.41, 5.74) is 1.11. The maximum absolute atomic E-state index is 13.3. The van der Waals surface area contributed by atoms with E-state index in [9.17, 15) is 14.0 Å². The Morgan fingerprint density at radius 2 is 2.22 bits per heavy atom. The number of piperidine rings is 1. The number of carbonyl (C=O) groups is 2. The first kappa shape index (κ1) is 15.5. The molecule has 2 aliphatic rings. The molecule has 0 radical (unpaired) electrons. The Hall–Kier alpha value is -2.44. The first-order valence-corrected chi connectivity index (χ1v) is 7.55. The standard InChI is InChI=1S/C16H17FN2O4/c17-12-5-1-3-10(7-12)13-8-14(23-18-13)15(20)19-6-2-4-11(9-19)16(21)22/h1,3,5,7,11,14H,2,4,6,8-9H2,(H,21,22). The maximum atomic E-state index is 13.3. The maximum Gasteiger partial charge on any atom is 0.308 e. The minimum Gasteiger partial charge on any atom is -0.481 e. The van der Waals surface area contributed by atoms with Crippen molar-refractivity contribution in [2.24, 2.45) is 11.1 Å². The molecule has 1 fully saturated rings. The van der Waals surface area contributed by atoms with Crippen LogP contribution >= 0.6 is 0 Å². The monoisotopic (exact) mass is 320 g/mol. The molecule has 1 aromatic rings. The molecule has 6 nitrogen and oxygen atoms in total. The van der Waals surface area contributed by atoms with Crippen LogP contribution in [-0.4, -0.2) is 46.8 Å². The third-order valence-electron chi connectivity index (χ3n) is 4.18. The molecule has 0 spiro atoms. The Morgan fingerprint density at radius 1 is 1.39 bits per heavy atom. The fraction of sp³-hybridized carbons (Fsp3) is 0.438. The largest absolute Gasteiger partial charge is 0.481 e. The molecule has 0 saturated carbocycles. The molecule has 2 aliphatic heterocycles. The predicted octanol–water partition coefficient (Wildman–Crippen LogP) is 1.64. The Balaban J connectivity index is 1.63. The van der Waals surface area contributed by atoms with Gasteiger partial charge in [-0.3, -0.25) is 9.59 Å². The molecule has 3 rings (SSSR count). The van der Waals surface area contributed by atoms with Crippen LogP contribution in [0.25, 0.3) is 0 Å². The number of carboxylic acids is 1. The van der Waals surface area contributed by atoms with Crippen LogP contribution in [0.4, 0.5) is 4.39 Å². The highest BCUT2D eigenvalue weighted by molar-refractivity contribution is 6.04. The van der Waals surface area contributed by atoms with Crippen molar-refractivity contribution in [3.05, 3.63) is 35.6 Å². The minimum absolute atomic E-state index is 0.198. The molecule has 0 bridgehead atoms. The molecule has 122 valence electrons. The minimum atomic E-state index is -0.883. The number of carbonyl (C=O) groups excluding carboxylic acids is 1. The summed E-state index contributed by atoms with van der Waals surface area (Å²) in [6.45, 7) is 0.723. The van der Waals surface area contributed by atoms with Gasteiger partial charge in [0.25, 0.3) is 5.91 Å². The summed E-state index contributed by atoms with van der Waals surface area (Å²) in [4.78, 5) is 30.3. The lowest BCUT2D eigenvalue weighted by atomic mass is 9.97. The lowest BCUT2D eigenvalue weighted by molar-refractivity contribution is -0.149. The van der Waals surface area contributed by atoms with E-state index in [-0.39, 0.29) is 24.7 Å². The number of halogens is 1. The van der Waals surface area contributed by atoms with Gasteiger partial charge in [0, 0.05) is 25.1 Å². The number of nitrogens with zero attached hydrogens (tertiary/aromatic N) is 2. The summed E-state index contributed by atoms with van der Waals surface area (Å²) in [7, 11) is 0. The van der Waals surface area contributed by atoms with E-state index in [0.717, 1.165) is 0 Å². The van der Waals surface area contributed by atoms with Crippen molar-refractivity contribution in [1.82, 2.24) is 4.90 Å². The summed E-state index contributed by atoms with van der Waals surface area (Å²) < 4.78 is 13.3. The summed E-state index contributed by atoms with van der Waals surface area (Å²) in [5, 5.41) is 13.0. The zero-order valence-electron chi connectivity index (χ0n) is 12.4. The van der Waals surface area contributed by atoms with Gasteiger partial charge in [0.05, 0.1) is 11.6 Å². The van der Waals surface area contributed by atoms with E-state index < -0.39 is 18.0 Å². The van der Waals surface area contributed by atoms with Gasteiger partial charge in [0.15, 0.2) is 0 Å². The van der Waals surface area contributed by atoms with Crippen molar-refractivity contribution < 1.29 is 23.9 Å². The molecular formula is C16H17FN2O4. The number of likely N-dealkylation sites (tertiary alicyclic amines) is 1. The van der Waals surface area contributed by atoms with Gasteiger partial charge >= 0.3 is 5.97 Å². The molecule has 0 aromatic heterocycles. The van der Waals surface area contributed by atoms with Crippen LogP contribution in [0, 0.1) is 11.7 Å². The van der Waals surface area contributed by atoms with Crippen molar-refractivity contribution in [3.63, 3.8) is 0 Å². The summed E-state index contributed by atoms with van der Waals surface area (Å²) in [5.74, 6) is -2.05. The van der Waals surface area contributed by atoms with Gasteiger partial charge in [-0.1, -0.05) is 17.3 Å². The number of benzene rings is 1. The lowest BCUT2D eigenvalue weighted by Crippen LogP contribution is -2.46. The third kappa shape index (κ3) is 3.33. The number of hydrogen-bond donors (Lipinski definition) is 1. The van der Waals surface area contributed by atoms with Crippen molar-refractivity contribution in [3.8, 4) is 0 Å². The van der Waals surface area contributed by atoms with E-state index in [1.54, 1.807) is 12.1 Å². The van der Waals surface area contributed by atoms with E-state index in [0.29, 0.717) is 30.7 Å². The first-order valence-electron chi connectivity index (χ1n) is 7.55. The summed E-state index contributed by atoms with van der Waals surface area (Å²) >= 11 is 0. The smallest absolute Gasteiger partial charge is 0.308 e. The van der Waals surface area contributed by atoms with Gasteiger partial charge in [0.2, 0.25) is 6.10 Å². The van der Waals surface area contributed by atoms with Crippen LogP contribution in [0.5, 0.6) is 0 Å². The van der Waals surface area contributed by atoms with Gasteiger partial charge in [0.1, 0.15) is 5.82 Å². The number of rotatable bonds is 3. The van der Waals surface area contributed by atoms with E-state index in [2.05, 4.69) is 5.16 Å². The summed E-state index contributed by atoms with van der Waals surface area (Å²) in [6.07, 6.45) is 0.736. The van der Waals surface area contributed by atoms with Crippen molar-refractivity contribution >= 4 is 17.6 Å². The van der Waals surface area contributed by atoms with Crippen LogP contribution < -0.4 is 0 Å². The quantitative estimate of drug-likeness (QED) is 0.918. The van der Waals surface area contributed by atoms with Crippen LogP contribution in [0.15, 0.2) is 29.4 Å². The highest BCUT2D eigenvalue weighted by atomic mass is 19.1. The van der Waals surface area contributed by atoms with Crippen molar-refractivity contribution in [2.75, 3.05) is 13.1 Å². The Labute approximate surface area is 132 Å². The van der Waals surface area contributed by atoms with Gasteiger partial charge in [-0.2, -0.15) is 0 Å². The fourth-order valence-electron chi connectivity index (χ4n) is 2.93. The molecule has 1 aromatic carbocycles. The molecule has 2 atom stereocenters. The Bertz CT molecular complexity index is 661. The molecule has 23 heavy (non-hydrogen) atoms. The highest BCUT2D eigenvalue weighted by Gasteiger charge is 2.36. The molecule has 2 heterocycles. The van der Waals surface area contributed by atoms with Gasteiger partial charge in [-0.15, -0.1) is 0 Å². The van der Waals surface area contributed by atoms with E-state index in [1.807, 2.05) is 0 Å². The van der Waals surface area contributed by atoms with Crippen LogP contribution in [-0.2, 0) is 14.4 Å². The molecule has 1 saturated heterocycles. The second kappa shape index (κ2) is 6.36. The van der Waals surface area contributed by atoms with E-state index in [1.165, 1.54) is 17.0 Å². The third-order valence-corrected chi connectivity index (χ3v) is 4.18. The topological polar surface area (TPSA) is 79.2 Å². The van der Waals surface area contributed by atoms with Crippen molar-refractivity contribution in [2.45, 2.75) is 25.4 Å². The average Bonchev–Trinajstić information content (AvgIpc) is 3.04. The molecule has 2 unspecified atom stereocenters. The van der Waals surface area contributed by atoms with Crippen LogP contribution in [0.3, 0.4) is 0 Å². The molecular weight excluding hydrogens is 303 g/mol. The molecule has 1 N–H and O–H groups in total. The molecule has 0 aliphatic carbocycles. The predicted molar refractivity (Wildman–Crippen MR) is 79.4 cm³/mol. The van der Waals surface area contributed by atoms with Crippen LogP contribution in [0.1, 0.15) is 24.8 Å². The number of aliphatic carboxylic acids is 1. The molecule has 7 heteroatoms. The second-order valence-corrected chi connectivity index (χ2v) is 5.81. The number of carboxylic acid groups (broad SMARTS) is 1. The zero-order chi connectivity index (χ0) is 16.4. The SMILES string of the molecule is O=C(O)C1CCCN(C(=O)C2CC(c3cccc(F)c3)=NO2)C1. The second-order valence-electron chi connectivity index (χ2n) is 5.81. The normalized spacial score (nSPS) is 24.0. The van der Waals surface area contributed by atoms with Crippen LogP contribution in [0.2, 0.25) is 0 Å². The first-order chi connectivity index (χ1) is 11.0. The number of amides is 1. The van der Waals surface area contributed by atoms with E-state index in [4.69, 9.17) is 9.94 Å². The van der Waals surface area contributed by atoms with E-state index >= 15 is 0 Å². The van der Waals surface area contributed by atoms with Crippen molar-refractivity contribution in [1.29, 1.82) is 0 Å². The number of oxime groups is 1. The highest BCUT2D eigenvalue weighted by Crippen LogP contribution is 2.22. The Morgan fingerprint density at radius 3 is 2.96 bits per heavy atom. The van der Waals surface area contributed by atoms with Gasteiger partial charge in [-0.05, 0) is 25.0 Å². The van der Waals surface area contributed by atoms with Gasteiger partial charge in [-0.25, -0.2) is 4.39 Å². The zero-order valence-corrected chi connectivity index (χ0v) is 12.4. The number of hydrogen-bond acceptors (Lipinski definition) is 4. The summed E-state index contributed by atoms with van der Waals surface area (Å²) in [6, 6.07) is 5.96. The molecule has 1 amide bonds. The Kier molecular flexibility index (Phi) is 4.27. The fourth-order valence-corrected chi connectivity index (χ4v) is 2.93. The lowest BCUT2D eigenvalue weighted by Gasteiger charge is -2.31. The average molecular weight is 320 g/mol.